The first-order valence-corrected chi connectivity index (χ1v) is 7.27. The van der Waals surface area contributed by atoms with Crippen molar-refractivity contribution >= 4 is 0 Å². The van der Waals surface area contributed by atoms with Gasteiger partial charge in [-0.15, -0.1) is 0 Å². The van der Waals surface area contributed by atoms with Crippen molar-refractivity contribution in [3.63, 3.8) is 0 Å². The molecular weight excluding hydrogens is 246 g/mol. The van der Waals surface area contributed by atoms with Gasteiger partial charge in [0.1, 0.15) is 12.5 Å². The first-order valence-electron chi connectivity index (χ1n) is 7.27. The Balaban J connectivity index is 1.78. The van der Waals surface area contributed by atoms with Crippen LogP contribution in [0.3, 0.4) is 0 Å². The molecular formula is C18H21NO. The van der Waals surface area contributed by atoms with Crippen LogP contribution in [-0.4, -0.2) is 11.6 Å². The molecule has 1 aliphatic rings. The van der Waals surface area contributed by atoms with Gasteiger partial charge in [0.25, 0.3) is 0 Å². The lowest BCUT2D eigenvalue weighted by atomic mass is 10.0. The van der Waals surface area contributed by atoms with Gasteiger partial charge in [-0.2, -0.15) is 0 Å². The van der Waals surface area contributed by atoms with Gasteiger partial charge in [-0.05, 0) is 36.1 Å². The Labute approximate surface area is 121 Å². The van der Waals surface area contributed by atoms with Crippen LogP contribution < -0.4 is 4.74 Å². The zero-order valence-electron chi connectivity index (χ0n) is 12.2. The zero-order chi connectivity index (χ0) is 13.9. The van der Waals surface area contributed by atoms with Crippen LogP contribution >= 0.6 is 0 Å². The second kappa shape index (κ2) is 5.68. The summed E-state index contributed by atoms with van der Waals surface area (Å²) in [6, 6.07) is 15.1. The van der Waals surface area contributed by atoms with E-state index >= 15 is 0 Å². The Hall–Kier alpha value is -1.80. The average Bonchev–Trinajstić information content (AvgIpc) is 2.48. The van der Waals surface area contributed by atoms with E-state index in [1.807, 2.05) is 0 Å². The van der Waals surface area contributed by atoms with Gasteiger partial charge in [-0.25, -0.2) is 0 Å². The number of benzene rings is 2. The van der Waals surface area contributed by atoms with Crippen LogP contribution in [0.25, 0.3) is 0 Å². The minimum Gasteiger partial charge on any atom is -0.478 e. The number of ether oxygens (including phenoxy) is 1. The van der Waals surface area contributed by atoms with E-state index in [0.717, 1.165) is 25.3 Å². The van der Waals surface area contributed by atoms with E-state index in [1.165, 1.54) is 22.3 Å². The lowest BCUT2D eigenvalue weighted by Crippen LogP contribution is -2.32. The monoisotopic (exact) mass is 267 g/mol. The molecule has 0 fully saturated rings. The van der Waals surface area contributed by atoms with Crippen molar-refractivity contribution in [2.75, 3.05) is 6.73 Å². The van der Waals surface area contributed by atoms with Crippen LogP contribution in [0.5, 0.6) is 5.75 Å². The molecule has 1 heterocycles. The second-order valence-electron chi connectivity index (χ2n) is 5.49. The number of rotatable bonds is 3. The van der Waals surface area contributed by atoms with Crippen LogP contribution in [0, 0.1) is 6.92 Å². The first-order chi connectivity index (χ1) is 9.76. The van der Waals surface area contributed by atoms with E-state index in [4.69, 9.17) is 4.74 Å². The number of hydrogen-bond donors (Lipinski definition) is 0. The molecule has 0 aromatic heterocycles. The van der Waals surface area contributed by atoms with E-state index in [9.17, 15) is 0 Å². The van der Waals surface area contributed by atoms with Gasteiger partial charge >= 0.3 is 0 Å². The fourth-order valence-electron chi connectivity index (χ4n) is 2.77. The largest absolute Gasteiger partial charge is 0.478 e. The van der Waals surface area contributed by atoms with Crippen molar-refractivity contribution in [1.82, 2.24) is 4.90 Å². The van der Waals surface area contributed by atoms with Crippen molar-refractivity contribution in [3.8, 4) is 5.75 Å². The van der Waals surface area contributed by atoms with Gasteiger partial charge in [0.05, 0.1) is 0 Å². The molecule has 0 amide bonds. The predicted octanol–water partition coefficient (Wildman–Crippen LogP) is 3.91. The van der Waals surface area contributed by atoms with Crippen molar-refractivity contribution in [2.45, 2.75) is 33.4 Å². The third-order valence-corrected chi connectivity index (χ3v) is 3.93. The summed E-state index contributed by atoms with van der Waals surface area (Å²) >= 11 is 0. The molecule has 2 heteroatoms. The summed E-state index contributed by atoms with van der Waals surface area (Å²) in [5.74, 6) is 1.08. The van der Waals surface area contributed by atoms with E-state index < -0.39 is 0 Å². The molecule has 104 valence electrons. The smallest absolute Gasteiger partial charge is 0.142 e. The highest BCUT2D eigenvalue weighted by Gasteiger charge is 2.19. The quantitative estimate of drug-likeness (QED) is 0.836. The lowest BCUT2D eigenvalue weighted by Gasteiger charge is -2.30. The van der Waals surface area contributed by atoms with Gasteiger partial charge in [0, 0.05) is 18.7 Å². The van der Waals surface area contributed by atoms with E-state index in [-0.39, 0.29) is 0 Å². The van der Waals surface area contributed by atoms with Gasteiger partial charge in [-0.3, -0.25) is 4.90 Å². The summed E-state index contributed by atoms with van der Waals surface area (Å²) < 4.78 is 5.96. The van der Waals surface area contributed by atoms with Crippen molar-refractivity contribution in [2.24, 2.45) is 0 Å². The molecule has 2 nitrogen and oxygen atoms in total. The summed E-state index contributed by atoms with van der Waals surface area (Å²) in [6.07, 6.45) is 1.06. The number of hydrogen-bond acceptors (Lipinski definition) is 2. The topological polar surface area (TPSA) is 12.5 Å². The molecule has 0 unspecified atom stereocenters. The maximum absolute atomic E-state index is 5.96. The van der Waals surface area contributed by atoms with Crippen molar-refractivity contribution in [3.05, 3.63) is 64.7 Å². The standard InChI is InChI=1S/C18H21NO/c1-3-15-9-14(2)17-12-19(13-20-18(17)10-15)11-16-7-5-4-6-8-16/h4-10H,3,11-13H2,1-2H3. The molecule has 0 saturated carbocycles. The number of fused-ring (bicyclic) bond motifs is 1. The Morgan fingerprint density at radius 2 is 1.90 bits per heavy atom. The van der Waals surface area contributed by atoms with Crippen molar-refractivity contribution in [1.29, 1.82) is 0 Å². The first kappa shape index (κ1) is 13.2. The molecule has 20 heavy (non-hydrogen) atoms. The fraction of sp³-hybridized carbons (Fsp3) is 0.333. The molecule has 0 N–H and O–H groups in total. The number of aryl methyl sites for hydroxylation is 2. The van der Waals surface area contributed by atoms with Crippen LogP contribution in [0.15, 0.2) is 42.5 Å². The molecule has 1 aliphatic heterocycles. The summed E-state index contributed by atoms with van der Waals surface area (Å²) in [6.45, 7) is 6.96. The molecule has 2 aromatic rings. The van der Waals surface area contributed by atoms with E-state index in [2.05, 4.69) is 61.2 Å². The van der Waals surface area contributed by atoms with Crippen molar-refractivity contribution < 1.29 is 4.74 Å². The minimum atomic E-state index is 0.675. The Bertz CT molecular complexity index is 592. The molecule has 0 bridgehead atoms. The van der Waals surface area contributed by atoms with Gasteiger partial charge in [0.15, 0.2) is 0 Å². The summed E-state index contributed by atoms with van der Waals surface area (Å²) in [5, 5.41) is 0. The molecule has 3 rings (SSSR count). The average molecular weight is 267 g/mol. The summed E-state index contributed by atoms with van der Waals surface area (Å²) in [4.78, 5) is 2.34. The van der Waals surface area contributed by atoms with Gasteiger partial charge < -0.3 is 4.74 Å². The fourth-order valence-corrected chi connectivity index (χ4v) is 2.77. The van der Waals surface area contributed by atoms with Crippen LogP contribution in [0.1, 0.15) is 29.2 Å². The van der Waals surface area contributed by atoms with Crippen LogP contribution in [-0.2, 0) is 19.5 Å². The predicted molar refractivity (Wildman–Crippen MR) is 81.7 cm³/mol. The van der Waals surface area contributed by atoms with Crippen LogP contribution in [0.2, 0.25) is 0 Å². The Morgan fingerprint density at radius 3 is 2.65 bits per heavy atom. The molecule has 0 radical (unpaired) electrons. The van der Waals surface area contributed by atoms with Gasteiger partial charge in [0.2, 0.25) is 0 Å². The maximum atomic E-state index is 5.96. The molecule has 0 spiro atoms. The number of nitrogens with zero attached hydrogens (tertiary/aromatic N) is 1. The zero-order valence-corrected chi connectivity index (χ0v) is 12.2. The highest BCUT2D eigenvalue weighted by atomic mass is 16.5. The normalized spacial score (nSPS) is 14.7. The minimum absolute atomic E-state index is 0.675. The summed E-state index contributed by atoms with van der Waals surface area (Å²) in [5.41, 5.74) is 5.38. The Morgan fingerprint density at radius 1 is 1.10 bits per heavy atom. The molecule has 2 aromatic carbocycles. The lowest BCUT2D eigenvalue weighted by molar-refractivity contribution is 0.0882. The SMILES string of the molecule is CCc1cc(C)c2c(c1)OCN(Cc1ccccc1)C2. The maximum Gasteiger partial charge on any atom is 0.142 e. The molecule has 0 saturated heterocycles. The van der Waals surface area contributed by atoms with Gasteiger partial charge in [-0.1, -0.05) is 43.3 Å². The summed E-state index contributed by atoms with van der Waals surface area (Å²) in [7, 11) is 0. The van der Waals surface area contributed by atoms with Crippen LogP contribution in [0.4, 0.5) is 0 Å². The molecule has 0 atom stereocenters. The molecule has 0 aliphatic carbocycles. The second-order valence-corrected chi connectivity index (χ2v) is 5.49. The third kappa shape index (κ3) is 2.70. The third-order valence-electron chi connectivity index (χ3n) is 3.93. The Kier molecular flexibility index (Phi) is 3.75. The van der Waals surface area contributed by atoms with E-state index in [1.54, 1.807) is 0 Å². The van der Waals surface area contributed by atoms with E-state index in [0.29, 0.717) is 6.73 Å². The highest BCUT2D eigenvalue weighted by molar-refractivity contribution is 5.44. The highest BCUT2D eigenvalue weighted by Crippen LogP contribution is 2.30.